The summed E-state index contributed by atoms with van der Waals surface area (Å²) >= 11 is 0. The number of hydrogen-bond donors (Lipinski definition) is 0. The van der Waals surface area contributed by atoms with Gasteiger partial charge in [0.25, 0.3) is 5.89 Å². The van der Waals surface area contributed by atoms with E-state index in [2.05, 4.69) is 10.1 Å². The largest absolute Gasteiger partial charge is 0.334 e. The Morgan fingerprint density at radius 1 is 1.15 bits per heavy atom. The topological polar surface area (TPSA) is 59.2 Å². The van der Waals surface area contributed by atoms with Crippen molar-refractivity contribution in [3.63, 3.8) is 0 Å². The molecule has 1 unspecified atom stereocenters. The number of aryl methyl sites for hydroxylation is 1. The summed E-state index contributed by atoms with van der Waals surface area (Å²) in [6, 6.07) is 11.1. The van der Waals surface area contributed by atoms with E-state index in [0.717, 1.165) is 23.3 Å². The molecule has 7 heteroatoms. The monoisotopic (exact) mass is 355 g/mol. The third-order valence-corrected chi connectivity index (χ3v) is 4.52. The van der Waals surface area contributed by atoms with Crippen LogP contribution in [0.4, 0.5) is 14.5 Å². The zero-order valence-electron chi connectivity index (χ0n) is 13.9. The van der Waals surface area contributed by atoms with Crippen LogP contribution in [0.2, 0.25) is 0 Å². The fraction of sp³-hybridized carbons (Fsp3) is 0.211. The Hall–Kier alpha value is -3.09. The van der Waals surface area contributed by atoms with Crippen molar-refractivity contribution < 1.29 is 18.1 Å². The quantitative estimate of drug-likeness (QED) is 0.716. The molecule has 0 radical (unpaired) electrons. The van der Waals surface area contributed by atoms with E-state index in [0.29, 0.717) is 17.4 Å². The third-order valence-electron chi connectivity index (χ3n) is 4.52. The molecule has 0 aliphatic carbocycles. The Labute approximate surface area is 148 Å². The van der Waals surface area contributed by atoms with Crippen molar-refractivity contribution in [1.82, 2.24) is 10.1 Å². The van der Waals surface area contributed by atoms with Crippen molar-refractivity contribution in [1.29, 1.82) is 0 Å². The summed E-state index contributed by atoms with van der Waals surface area (Å²) in [7, 11) is 0. The van der Waals surface area contributed by atoms with Gasteiger partial charge in [-0.1, -0.05) is 23.4 Å². The van der Waals surface area contributed by atoms with Gasteiger partial charge in [-0.25, -0.2) is 8.78 Å². The standard InChI is InChI=1S/C19H15F2N3O2/c1-11-4-2-3-5-14(11)19-22-18(23-26-19)12-8-17(25)24(10-12)13-6-7-15(20)16(21)9-13/h2-7,9,12H,8,10H2,1H3. The zero-order valence-corrected chi connectivity index (χ0v) is 13.9. The average molecular weight is 355 g/mol. The minimum absolute atomic E-state index is 0.186. The van der Waals surface area contributed by atoms with E-state index < -0.39 is 11.6 Å². The Balaban J connectivity index is 1.58. The SMILES string of the molecule is Cc1ccccc1-c1nc(C2CC(=O)N(c3ccc(F)c(F)c3)C2)no1. The van der Waals surface area contributed by atoms with Gasteiger partial charge in [-0.3, -0.25) is 4.79 Å². The molecule has 4 rings (SSSR count). The van der Waals surface area contributed by atoms with Crippen LogP contribution in [0.25, 0.3) is 11.5 Å². The lowest BCUT2D eigenvalue weighted by atomic mass is 10.1. The predicted octanol–water partition coefficient (Wildman–Crippen LogP) is 3.84. The van der Waals surface area contributed by atoms with Crippen molar-refractivity contribution in [2.24, 2.45) is 0 Å². The van der Waals surface area contributed by atoms with Crippen LogP contribution >= 0.6 is 0 Å². The van der Waals surface area contributed by atoms with Crippen molar-refractivity contribution in [3.8, 4) is 11.5 Å². The molecule has 5 nitrogen and oxygen atoms in total. The van der Waals surface area contributed by atoms with Gasteiger partial charge in [0.05, 0.1) is 0 Å². The first-order chi connectivity index (χ1) is 12.5. The number of anilines is 1. The average Bonchev–Trinajstić information content (AvgIpc) is 3.25. The highest BCUT2D eigenvalue weighted by atomic mass is 19.2. The van der Waals surface area contributed by atoms with Crippen LogP contribution in [0.15, 0.2) is 47.0 Å². The number of benzene rings is 2. The number of hydrogen-bond acceptors (Lipinski definition) is 4. The molecular formula is C19H15F2N3O2. The van der Waals surface area contributed by atoms with Gasteiger partial charge in [0.1, 0.15) is 0 Å². The lowest BCUT2D eigenvalue weighted by Crippen LogP contribution is -2.24. The fourth-order valence-electron chi connectivity index (χ4n) is 3.11. The predicted molar refractivity (Wildman–Crippen MR) is 90.5 cm³/mol. The Morgan fingerprint density at radius 3 is 2.73 bits per heavy atom. The van der Waals surface area contributed by atoms with E-state index in [1.807, 2.05) is 31.2 Å². The molecule has 1 aromatic heterocycles. The smallest absolute Gasteiger partial charge is 0.258 e. The molecule has 1 aliphatic heterocycles. The van der Waals surface area contributed by atoms with Crippen LogP contribution in [0.3, 0.4) is 0 Å². The van der Waals surface area contributed by atoms with Crippen molar-refractivity contribution in [3.05, 3.63) is 65.5 Å². The lowest BCUT2D eigenvalue weighted by Gasteiger charge is -2.16. The molecule has 0 N–H and O–H groups in total. The molecule has 1 aliphatic rings. The zero-order chi connectivity index (χ0) is 18.3. The van der Waals surface area contributed by atoms with Gasteiger partial charge in [-0.15, -0.1) is 0 Å². The Morgan fingerprint density at radius 2 is 1.96 bits per heavy atom. The number of rotatable bonds is 3. The maximum absolute atomic E-state index is 13.5. The van der Waals surface area contributed by atoms with E-state index in [4.69, 9.17) is 4.52 Å². The lowest BCUT2D eigenvalue weighted by molar-refractivity contribution is -0.117. The first-order valence-electron chi connectivity index (χ1n) is 8.18. The van der Waals surface area contributed by atoms with E-state index in [1.54, 1.807) is 0 Å². The molecular weight excluding hydrogens is 340 g/mol. The summed E-state index contributed by atoms with van der Waals surface area (Å²) < 4.78 is 31.9. The maximum atomic E-state index is 13.5. The van der Waals surface area contributed by atoms with Crippen LogP contribution in [-0.4, -0.2) is 22.6 Å². The molecule has 0 saturated carbocycles. The second-order valence-corrected chi connectivity index (χ2v) is 6.28. The maximum Gasteiger partial charge on any atom is 0.258 e. The van der Waals surface area contributed by atoms with Gasteiger partial charge in [-0.05, 0) is 30.7 Å². The van der Waals surface area contributed by atoms with Crippen LogP contribution < -0.4 is 4.90 Å². The van der Waals surface area contributed by atoms with Gasteiger partial charge in [0.15, 0.2) is 17.5 Å². The number of amides is 1. The molecule has 3 aromatic rings. The summed E-state index contributed by atoms with van der Waals surface area (Å²) in [6.45, 7) is 2.24. The molecule has 0 bridgehead atoms. The number of carbonyl (C=O) groups is 1. The fourth-order valence-corrected chi connectivity index (χ4v) is 3.11. The molecule has 26 heavy (non-hydrogen) atoms. The van der Waals surface area contributed by atoms with Gasteiger partial charge in [0, 0.05) is 36.2 Å². The second kappa shape index (κ2) is 6.33. The molecule has 1 amide bonds. The van der Waals surface area contributed by atoms with Gasteiger partial charge < -0.3 is 9.42 Å². The number of carbonyl (C=O) groups excluding carboxylic acids is 1. The minimum atomic E-state index is -0.986. The van der Waals surface area contributed by atoms with Gasteiger partial charge in [-0.2, -0.15) is 4.98 Å². The summed E-state index contributed by atoms with van der Waals surface area (Å²) in [6.07, 6.45) is 0.186. The second-order valence-electron chi connectivity index (χ2n) is 6.28. The van der Waals surface area contributed by atoms with Crippen LogP contribution in [0.1, 0.15) is 23.7 Å². The van der Waals surface area contributed by atoms with Crippen molar-refractivity contribution in [2.75, 3.05) is 11.4 Å². The van der Waals surface area contributed by atoms with Gasteiger partial charge in [0.2, 0.25) is 5.91 Å². The highest BCUT2D eigenvalue weighted by molar-refractivity contribution is 5.96. The van der Waals surface area contributed by atoms with Gasteiger partial charge >= 0.3 is 0 Å². The Kier molecular flexibility index (Phi) is 3.99. The van der Waals surface area contributed by atoms with Crippen LogP contribution in [0.5, 0.6) is 0 Å². The number of nitrogens with zero attached hydrogens (tertiary/aromatic N) is 3. The van der Waals surface area contributed by atoms with Crippen molar-refractivity contribution >= 4 is 11.6 Å². The molecule has 1 atom stereocenters. The van der Waals surface area contributed by atoms with Crippen molar-refractivity contribution in [2.45, 2.75) is 19.3 Å². The normalized spacial score (nSPS) is 17.1. The molecule has 1 saturated heterocycles. The molecule has 132 valence electrons. The number of halogens is 2. The Bertz CT molecular complexity index is 986. The van der Waals surface area contributed by atoms with Crippen LogP contribution in [-0.2, 0) is 4.79 Å². The first-order valence-corrected chi connectivity index (χ1v) is 8.18. The molecule has 2 aromatic carbocycles. The highest BCUT2D eigenvalue weighted by Gasteiger charge is 2.35. The van der Waals surface area contributed by atoms with Crippen LogP contribution in [0, 0.1) is 18.6 Å². The third kappa shape index (κ3) is 2.85. The molecule has 1 fully saturated rings. The summed E-state index contributed by atoms with van der Waals surface area (Å²) in [4.78, 5) is 18.1. The first kappa shape index (κ1) is 16.4. The van der Waals surface area contributed by atoms with E-state index in [9.17, 15) is 13.6 Å². The molecule has 0 spiro atoms. The summed E-state index contributed by atoms with van der Waals surface area (Å²) in [5, 5.41) is 4.01. The summed E-state index contributed by atoms with van der Waals surface area (Å²) in [5.41, 5.74) is 2.17. The highest BCUT2D eigenvalue weighted by Crippen LogP contribution is 2.32. The minimum Gasteiger partial charge on any atom is -0.334 e. The number of aromatic nitrogens is 2. The molecule has 2 heterocycles. The van der Waals surface area contributed by atoms with E-state index in [1.165, 1.54) is 11.0 Å². The van der Waals surface area contributed by atoms with E-state index in [-0.39, 0.29) is 24.8 Å². The van der Waals surface area contributed by atoms with E-state index >= 15 is 0 Å². The summed E-state index contributed by atoms with van der Waals surface area (Å²) in [5.74, 6) is -1.56.